The van der Waals surface area contributed by atoms with Crippen LogP contribution < -0.4 is 0 Å². The van der Waals surface area contributed by atoms with Crippen LogP contribution in [-0.4, -0.2) is 29.5 Å². The summed E-state index contributed by atoms with van der Waals surface area (Å²) in [6, 6.07) is 3.32. The molecule has 2 rings (SSSR count). The Hall–Kier alpha value is -1.65. The van der Waals surface area contributed by atoms with E-state index in [2.05, 4.69) is 4.98 Å². The molecule has 18 heavy (non-hydrogen) atoms. The number of hydrogen-bond donors (Lipinski definition) is 1. The largest absolute Gasteiger partial charge is 0.457 e. The third kappa shape index (κ3) is 3.18. The molecule has 0 saturated heterocycles. The normalized spacial score (nSPS) is 23.6. The maximum absolute atomic E-state index is 13.1. The van der Waals surface area contributed by atoms with Crippen LogP contribution in [0.5, 0.6) is 0 Å². The van der Waals surface area contributed by atoms with E-state index in [0.717, 1.165) is 0 Å². The molecule has 2 unspecified atom stereocenters. The minimum atomic E-state index is -0.921. The third-order valence-corrected chi connectivity index (χ3v) is 3.19. The average molecular weight is 253 g/mol. The van der Waals surface area contributed by atoms with Crippen LogP contribution in [0.2, 0.25) is 0 Å². The van der Waals surface area contributed by atoms with Gasteiger partial charge in [0.05, 0.1) is 11.6 Å². The van der Waals surface area contributed by atoms with Gasteiger partial charge in [-0.2, -0.15) is 0 Å². The van der Waals surface area contributed by atoms with E-state index >= 15 is 0 Å². The fourth-order valence-corrected chi connectivity index (χ4v) is 2.18. The molecular weight excluding hydrogens is 237 g/mol. The first-order valence-corrected chi connectivity index (χ1v) is 6.14. The van der Waals surface area contributed by atoms with Crippen LogP contribution in [0.15, 0.2) is 18.3 Å². The number of aromatic nitrogens is 1. The fraction of sp³-hybridized carbons (Fsp3) is 0.538. The summed E-state index contributed by atoms with van der Waals surface area (Å²) < 4.78 is 18.1. The lowest BCUT2D eigenvalue weighted by Crippen LogP contribution is -2.27. The molecule has 1 aromatic heterocycles. The van der Waals surface area contributed by atoms with Gasteiger partial charge in [0, 0.05) is 6.20 Å². The number of alkyl halides is 1. The second-order valence-electron chi connectivity index (χ2n) is 4.58. The first-order valence-electron chi connectivity index (χ1n) is 6.14. The molecule has 0 aliphatic heterocycles. The lowest BCUT2D eigenvalue weighted by Gasteiger charge is -2.22. The first kappa shape index (κ1) is 12.8. The van der Waals surface area contributed by atoms with E-state index in [-0.39, 0.29) is 18.8 Å². The smallest absolute Gasteiger partial charge is 0.309 e. The molecule has 0 radical (unpaired) electrons. The van der Waals surface area contributed by atoms with E-state index in [4.69, 9.17) is 4.74 Å². The highest BCUT2D eigenvalue weighted by Crippen LogP contribution is 2.27. The van der Waals surface area contributed by atoms with E-state index < -0.39 is 18.1 Å². The summed E-state index contributed by atoms with van der Waals surface area (Å²) >= 11 is 0. The Balaban J connectivity index is 1.79. The van der Waals surface area contributed by atoms with Crippen LogP contribution in [0, 0.1) is 5.92 Å². The van der Waals surface area contributed by atoms with Crippen LogP contribution >= 0.6 is 0 Å². The van der Waals surface area contributed by atoms with Gasteiger partial charge >= 0.3 is 5.97 Å². The zero-order valence-electron chi connectivity index (χ0n) is 10.0. The predicted octanol–water partition coefficient (Wildman–Crippen LogP) is 2.27. The van der Waals surface area contributed by atoms with Gasteiger partial charge in [0.15, 0.2) is 6.61 Å². The minimum absolute atomic E-state index is 0.218. The second kappa shape index (κ2) is 5.80. The molecule has 1 saturated carbocycles. The summed E-state index contributed by atoms with van der Waals surface area (Å²) in [7, 11) is 0. The van der Waals surface area contributed by atoms with Crippen LogP contribution in [0.1, 0.15) is 36.2 Å². The van der Waals surface area contributed by atoms with Gasteiger partial charge in [0.2, 0.25) is 5.78 Å². The lowest BCUT2D eigenvalue weighted by atomic mass is 9.88. The van der Waals surface area contributed by atoms with Crippen molar-refractivity contribution >= 4 is 11.8 Å². The number of aromatic amines is 1. The Morgan fingerprint density at radius 2 is 2.28 bits per heavy atom. The standard InChI is InChI=1S/C13H16FNO3/c14-10-4-1-3-9(7-10)13(17)18-8-12(16)11-5-2-6-15-11/h2,5-6,9-10,15H,1,3-4,7-8H2. The zero-order chi connectivity index (χ0) is 13.0. The number of ether oxygens (including phenoxy) is 1. The van der Waals surface area contributed by atoms with Crippen molar-refractivity contribution in [3.63, 3.8) is 0 Å². The second-order valence-corrected chi connectivity index (χ2v) is 4.58. The van der Waals surface area contributed by atoms with Crippen molar-refractivity contribution in [3.05, 3.63) is 24.0 Å². The SMILES string of the molecule is O=C(COC(=O)C1CCCC(F)C1)c1ccc[nH]1. The Kier molecular flexibility index (Phi) is 4.12. The van der Waals surface area contributed by atoms with Crippen molar-refractivity contribution in [2.45, 2.75) is 31.9 Å². The summed E-state index contributed by atoms with van der Waals surface area (Å²) in [6.07, 6.45) is 2.79. The predicted molar refractivity (Wildman–Crippen MR) is 62.9 cm³/mol. The first-order chi connectivity index (χ1) is 8.66. The number of carbonyl (C=O) groups is 2. The van der Waals surface area contributed by atoms with Crippen molar-refractivity contribution < 1.29 is 18.7 Å². The van der Waals surface area contributed by atoms with Crippen molar-refractivity contribution in [1.29, 1.82) is 0 Å². The number of nitrogens with one attached hydrogen (secondary N) is 1. The number of H-pyrrole nitrogens is 1. The maximum Gasteiger partial charge on any atom is 0.309 e. The molecule has 0 aromatic carbocycles. The van der Waals surface area contributed by atoms with Gasteiger partial charge < -0.3 is 9.72 Å². The molecule has 98 valence electrons. The molecule has 2 atom stereocenters. The Bertz CT molecular complexity index is 416. The van der Waals surface area contributed by atoms with Gasteiger partial charge in [-0.05, 0) is 37.8 Å². The number of rotatable bonds is 4. The summed E-state index contributed by atoms with van der Waals surface area (Å²) in [5, 5.41) is 0. The monoisotopic (exact) mass is 253 g/mol. The Morgan fingerprint density at radius 3 is 2.94 bits per heavy atom. The molecule has 1 heterocycles. The van der Waals surface area contributed by atoms with Crippen molar-refractivity contribution in [2.24, 2.45) is 5.92 Å². The topological polar surface area (TPSA) is 59.2 Å². The van der Waals surface area contributed by atoms with Crippen LogP contribution in [0.25, 0.3) is 0 Å². The molecule has 1 aliphatic rings. The van der Waals surface area contributed by atoms with Crippen LogP contribution in [0.4, 0.5) is 4.39 Å². The molecule has 5 heteroatoms. The van der Waals surface area contributed by atoms with Gasteiger partial charge in [-0.3, -0.25) is 9.59 Å². The summed E-state index contributed by atoms with van der Waals surface area (Å²) in [6.45, 7) is -0.285. The Morgan fingerprint density at radius 1 is 1.44 bits per heavy atom. The van der Waals surface area contributed by atoms with Crippen LogP contribution in [-0.2, 0) is 9.53 Å². The summed E-state index contributed by atoms with van der Waals surface area (Å²) in [5.74, 6) is -1.14. The maximum atomic E-state index is 13.1. The summed E-state index contributed by atoms with van der Waals surface area (Å²) in [5.41, 5.74) is 0.412. The highest BCUT2D eigenvalue weighted by Gasteiger charge is 2.28. The minimum Gasteiger partial charge on any atom is -0.457 e. The van der Waals surface area contributed by atoms with E-state index in [1.54, 1.807) is 18.3 Å². The third-order valence-electron chi connectivity index (χ3n) is 3.19. The molecule has 1 aliphatic carbocycles. The van der Waals surface area contributed by atoms with E-state index in [0.29, 0.717) is 25.0 Å². The molecule has 1 aromatic rings. The number of esters is 1. The molecule has 0 spiro atoms. The zero-order valence-corrected chi connectivity index (χ0v) is 10.0. The quantitative estimate of drug-likeness (QED) is 0.661. The molecule has 1 N–H and O–H groups in total. The van der Waals surface area contributed by atoms with Gasteiger partial charge in [-0.1, -0.05) is 0 Å². The van der Waals surface area contributed by atoms with Gasteiger partial charge in [-0.15, -0.1) is 0 Å². The fourth-order valence-electron chi connectivity index (χ4n) is 2.18. The number of Topliss-reactive ketones (excluding diaryl/α,β-unsaturated/α-hetero) is 1. The van der Waals surface area contributed by atoms with Crippen molar-refractivity contribution in [2.75, 3.05) is 6.61 Å². The average Bonchev–Trinajstić information content (AvgIpc) is 2.89. The number of halogens is 1. The Labute approximate surface area is 105 Å². The molecule has 4 nitrogen and oxygen atoms in total. The molecule has 1 fully saturated rings. The molecule has 0 amide bonds. The van der Waals surface area contributed by atoms with Crippen molar-refractivity contribution in [3.8, 4) is 0 Å². The molecular formula is C13H16FNO3. The van der Waals surface area contributed by atoms with Crippen molar-refractivity contribution in [1.82, 2.24) is 4.98 Å². The number of carbonyl (C=O) groups excluding carboxylic acids is 2. The van der Waals surface area contributed by atoms with Gasteiger partial charge in [0.1, 0.15) is 6.17 Å². The van der Waals surface area contributed by atoms with E-state index in [1.165, 1.54) is 0 Å². The van der Waals surface area contributed by atoms with E-state index in [9.17, 15) is 14.0 Å². The molecule has 0 bridgehead atoms. The lowest BCUT2D eigenvalue weighted by molar-refractivity contribution is -0.149. The van der Waals surface area contributed by atoms with E-state index in [1.807, 2.05) is 0 Å². The number of hydrogen-bond acceptors (Lipinski definition) is 3. The summed E-state index contributed by atoms with van der Waals surface area (Å²) in [4.78, 5) is 26.0. The highest BCUT2D eigenvalue weighted by atomic mass is 19.1. The number of ketones is 1. The van der Waals surface area contributed by atoms with Gasteiger partial charge in [-0.25, -0.2) is 4.39 Å². The van der Waals surface area contributed by atoms with Gasteiger partial charge in [0.25, 0.3) is 0 Å². The van der Waals surface area contributed by atoms with Crippen LogP contribution in [0.3, 0.4) is 0 Å². The highest BCUT2D eigenvalue weighted by molar-refractivity contribution is 5.96.